The summed E-state index contributed by atoms with van der Waals surface area (Å²) >= 11 is 0. The fourth-order valence-electron chi connectivity index (χ4n) is 4.31. The minimum atomic E-state index is -1.02. The number of aryl methyl sites for hydroxylation is 2. The van der Waals surface area contributed by atoms with Crippen LogP contribution in [0.15, 0.2) is 48.7 Å². The van der Waals surface area contributed by atoms with E-state index in [2.05, 4.69) is 17.1 Å². The zero-order chi connectivity index (χ0) is 25.0. The molecule has 35 heavy (non-hydrogen) atoms. The molecule has 3 aromatic heterocycles. The third-order valence-corrected chi connectivity index (χ3v) is 6.17. The van der Waals surface area contributed by atoms with Crippen molar-refractivity contribution >= 4 is 28.0 Å². The molecule has 0 aliphatic heterocycles. The maximum absolute atomic E-state index is 14.0. The van der Waals surface area contributed by atoms with Crippen LogP contribution in [0.4, 0.5) is 14.5 Å². The fourth-order valence-corrected chi connectivity index (χ4v) is 4.31. The number of hydrogen-bond donors (Lipinski definition) is 1. The number of carbonyl (C=O) groups is 1. The van der Waals surface area contributed by atoms with Gasteiger partial charge in [-0.15, -0.1) is 0 Å². The average molecular weight is 466 g/mol. The molecule has 5 rings (SSSR count). The van der Waals surface area contributed by atoms with Crippen LogP contribution in [0.2, 0.25) is 0 Å². The Hall–Kier alpha value is -5.02. The number of aromatic nitrogens is 3. The second kappa shape index (κ2) is 7.79. The Morgan fingerprint density at radius 1 is 1.06 bits per heavy atom. The van der Waals surface area contributed by atoms with Crippen LogP contribution in [0.3, 0.4) is 0 Å². The van der Waals surface area contributed by atoms with E-state index in [0.29, 0.717) is 33.5 Å². The maximum atomic E-state index is 14.0. The van der Waals surface area contributed by atoms with Crippen LogP contribution in [0.25, 0.3) is 27.7 Å². The van der Waals surface area contributed by atoms with Gasteiger partial charge >= 0.3 is 0 Å². The molecular formula is C26H16F2N6O. The summed E-state index contributed by atoms with van der Waals surface area (Å²) in [7, 11) is 1.81. The molecule has 0 saturated heterocycles. The van der Waals surface area contributed by atoms with E-state index >= 15 is 0 Å². The van der Waals surface area contributed by atoms with Crippen LogP contribution in [-0.4, -0.2) is 19.7 Å². The summed E-state index contributed by atoms with van der Waals surface area (Å²) < 4.78 is 31.3. The first-order chi connectivity index (χ1) is 16.8. The highest BCUT2D eigenvalue weighted by molar-refractivity contribution is 6.09. The molecule has 0 amide bonds. The number of carbonyl (C=O) groups excluding carboxylic acids is 1. The number of nitrogen functional groups attached to an aromatic ring is 1. The molecule has 0 atom stereocenters. The van der Waals surface area contributed by atoms with E-state index in [1.807, 2.05) is 0 Å². The summed E-state index contributed by atoms with van der Waals surface area (Å²) in [6.45, 7) is 1.81. The van der Waals surface area contributed by atoms with Crippen molar-refractivity contribution in [3.05, 3.63) is 88.5 Å². The van der Waals surface area contributed by atoms with Crippen LogP contribution in [-0.2, 0) is 7.05 Å². The number of nitrogens with two attached hydrogens (primary N) is 1. The summed E-state index contributed by atoms with van der Waals surface area (Å²) in [5, 5.41) is 19.9. The summed E-state index contributed by atoms with van der Waals surface area (Å²) in [6, 6.07) is 14.4. The molecule has 170 valence electrons. The van der Waals surface area contributed by atoms with Gasteiger partial charge in [0.1, 0.15) is 34.7 Å². The molecule has 0 spiro atoms. The maximum Gasteiger partial charge on any atom is 0.209 e. The first-order valence-corrected chi connectivity index (χ1v) is 10.5. The van der Waals surface area contributed by atoms with Gasteiger partial charge in [-0.1, -0.05) is 6.07 Å². The second-order valence-corrected chi connectivity index (χ2v) is 8.06. The van der Waals surface area contributed by atoms with Crippen molar-refractivity contribution in [3.8, 4) is 23.3 Å². The van der Waals surface area contributed by atoms with Gasteiger partial charge in [0.05, 0.1) is 33.9 Å². The Balaban J connectivity index is 1.76. The lowest BCUT2D eigenvalue weighted by molar-refractivity contribution is 0.103. The molecule has 2 aromatic carbocycles. The van der Waals surface area contributed by atoms with Crippen LogP contribution in [0.5, 0.6) is 0 Å². The number of nitrogens with zero attached hydrogens (tertiary/aromatic N) is 5. The molecule has 0 aliphatic carbocycles. The first-order valence-electron chi connectivity index (χ1n) is 10.5. The smallest absolute Gasteiger partial charge is 0.209 e. The van der Waals surface area contributed by atoms with E-state index in [9.17, 15) is 24.1 Å². The Labute approximate surface area is 197 Å². The lowest BCUT2D eigenvalue weighted by Gasteiger charge is -2.12. The Bertz CT molecular complexity index is 1780. The minimum absolute atomic E-state index is 0.150. The van der Waals surface area contributed by atoms with Gasteiger partial charge in [-0.25, -0.2) is 13.8 Å². The van der Waals surface area contributed by atoms with E-state index in [1.54, 1.807) is 53.4 Å². The van der Waals surface area contributed by atoms with Crippen molar-refractivity contribution in [3.63, 3.8) is 0 Å². The number of fused-ring (bicyclic) bond motifs is 2. The minimum Gasteiger partial charge on any atom is -0.394 e. The summed E-state index contributed by atoms with van der Waals surface area (Å²) in [6.07, 6.45) is 1.62. The van der Waals surface area contributed by atoms with E-state index in [1.165, 1.54) is 6.07 Å². The third-order valence-electron chi connectivity index (χ3n) is 6.17. The van der Waals surface area contributed by atoms with Gasteiger partial charge in [-0.3, -0.25) is 4.79 Å². The standard InChI is InChI=1S/C26H16F2N6O/c1-13-32-25-17(12-30)23(15(11-29)10-22(25)33(13)2)16-4-3-7-34-20(16)5-6-21(34)26(35)14-8-18(27)24(31)19(28)9-14/h3-10H,31H2,1-2H3. The third kappa shape index (κ3) is 3.14. The van der Waals surface area contributed by atoms with Gasteiger partial charge < -0.3 is 14.7 Å². The van der Waals surface area contributed by atoms with Crippen molar-refractivity contribution in [2.45, 2.75) is 6.92 Å². The van der Waals surface area contributed by atoms with Crippen molar-refractivity contribution in [2.24, 2.45) is 7.05 Å². The molecule has 3 heterocycles. The average Bonchev–Trinajstić information content (AvgIpc) is 3.41. The highest BCUT2D eigenvalue weighted by atomic mass is 19.1. The van der Waals surface area contributed by atoms with Gasteiger partial charge in [0, 0.05) is 29.9 Å². The SMILES string of the molecule is Cc1nc2c(C#N)c(-c3cccn4c(C(=O)c5cc(F)c(N)c(F)c5)ccc34)c(C#N)cc2n1C. The molecule has 0 radical (unpaired) electrons. The molecule has 0 bridgehead atoms. The highest BCUT2D eigenvalue weighted by Crippen LogP contribution is 2.36. The van der Waals surface area contributed by atoms with Gasteiger partial charge in [0.25, 0.3) is 0 Å². The fraction of sp³-hybridized carbons (Fsp3) is 0.0769. The van der Waals surface area contributed by atoms with E-state index < -0.39 is 23.1 Å². The normalized spacial score (nSPS) is 11.0. The first kappa shape index (κ1) is 21.8. The van der Waals surface area contributed by atoms with Gasteiger partial charge in [0.2, 0.25) is 5.78 Å². The van der Waals surface area contributed by atoms with Crippen LogP contribution < -0.4 is 5.73 Å². The molecule has 2 N–H and O–H groups in total. The topological polar surface area (TPSA) is 113 Å². The number of halogens is 2. The largest absolute Gasteiger partial charge is 0.394 e. The molecule has 7 nitrogen and oxygen atoms in total. The Morgan fingerprint density at radius 2 is 1.77 bits per heavy atom. The van der Waals surface area contributed by atoms with Gasteiger partial charge in [0.15, 0.2) is 0 Å². The van der Waals surface area contributed by atoms with Crippen molar-refractivity contribution in [1.29, 1.82) is 10.5 Å². The van der Waals surface area contributed by atoms with Crippen molar-refractivity contribution < 1.29 is 13.6 Å². The number of anilines is 1. The Morgan fingerprint density at radius 3 is 2.43 bits per heavy atom. The zero-order valence-corrected chi connectivity index (χ0v) is 18.6. The number of hydrogen-bond acceptors (Lipinski definition) is 5. The quantitative estimate of drug-likeness (QED) is 0.308. The predicted octanol–water partition coefficient (Wildman–Crippen LogP) is 4.64. The zero-order valence-electron chi connectivity index (χ0n) is 18.6. The van der Waals surface area contributed by atoms with Crippen molar-refractivity contribution in [1.82, 2.24) is 14.0 Å². The van der Waals surface area contributed by atoms with E-state index in [4.69, 9.17) is 5.73 Å². The molecule has 0 aliphatic rings. The van der Waals surface area contributed by atoms with Gasteiger partial charge in [-0.2, -0.15) is 10.5 Å². The lowest BCUT2D eigenvalue weighted by Crippen LogP contribution is -2.08. The van der Waals surface area contributed by atoms with Gasteiger partial charge in [-0.05, 0) is 43.3 Å². The van der Waals surface area contributed by atoms with Crippen LogP contribution in [0.1, 0.15) is 33.0 Å². The second-order valence-electron chi connectivity index (χ2n) is 8.06. The molecule has 0 unspecified atom stereocenters. The molecule has 5 aromatic rings. The summed E-state index contributed by atoms with van der Waals surface area (Å²) in [5.41, 5.74) is 7.75. The number of rotatable bonds is 3. The van der Waals surface area contributed by atoms with Crippen LogP contribution >= 0.6 is 0 Å². The predicted molar refractivity (Wildman–Crippen MR) is 125 cm³/mol. The van der Waals surface area contributed by atoms with Crippen LogP contribution in [0, 0.1) is 41.2 Å². The number of ketones is 1. The number of imidazole rings is 1. The van der Waals surface area contributed by atoms with E-state index in [0.717, 1.165) is 12.1 Å². The van der Waals surface area contributed by atoms with E-state index in [-0.39, 0.29) is 22.4 Å². The molecule has 0 fully saturated rings. The molecule has 9 heteroatoms. The molecular weight excluding hydrogens is 450 g/mol. The molecule has 0 saturated carbocycles. The number of nitriles is 2. The monoisotopic (exact) mass is 466 g/mol. The Kier molecular flexibility index (Phi) is 4.85. The summed E-state index contributed by atoms with van der Waals surface area (Å²) in [5.74, 6) is -1.97. The van der Waals surface area contributed by atoms with Crippen molar-refractivity contribution in [2.75, 3.05) is 5.73 Å². The summed E-state index contributed by atoms with van der Waals surface area (Å²) in [4.78, 5) is 17.6. The number of pyridine rings is 1. The highest BCUT2D eigenvalue weighted by Gasteiger charge is 2.23. The number of benzene rings is 2. The lowest BCUT2D eigenvalue weighted by atomic mass is 9.94.